The maximum absolute atomic E-state index is 14.4. The van der Waals surface area contributed by atoms with E-state index in [-0.39, 0.29) is 42.2 Å². The van der Waals surface area contributed by atoms with Gasteiger partial charge in [0.25, 0.3) is 5.91 Å². The third-order valence-electron chi connectivity index (χ3n) is 7.72. The highest BCUT2D eigenvalue weighted by Gasteiger charge is 2.76. The number of aliphatic hydroxyl groups excluding tert-OH is 1. The SMILES string of the molecule is C=CCN(C)C(=O)[C@H]1[C@H]2C(=O)N(CCO)C(C(=O)N(CC=C)c3c(C)cccc3C)C23CC(Br)[C@@H]1O3. The van der Waals surface area contributed by atoms with E-state index in [1.165, 1.54) is 9.80 Å². The number of β-amino-alcohol motifs (C(OH)–C–C–N with tert-alkyl or cyclic N) is 1. The molecule has 36 heavy (non-hydrogen) atoms. The van der Waals surface area contributed by atoms with Crippen molar-refractivity contribution in [1.82, 2.24) is 9.80 Å². The van der Waals surface area contributed by atoms with Crippen LogP contribution in [0.3, 0.4) is 0 Å². The summed E-state index contributed by atoms with van der Waals surface area (Å²) in [5.41, 5.74) is 1.44. The van der Waals surface area contributed by atoms with E-state index in [1.807, 2.05) is 32.0 Å². The fourth-order valence-corrected chi connectivity index (χ4v) is 7.32. The third kappa shape index (κ3) is 3.92. The van der Waals surface area contributed by atoms with Crippen LogP contribution >= 0.6 is 15.9 Å². The van der Waals surface area contributed by atoms with Crippen LogP contribution in [0.5, 0.6) is 0 Å². The highest BCUT2D eigenvalue weighted by atomic mass is 79.9. The summed E-state index contributed by atoms with van der Waals surface area (Å²) in [6.45, 7) is 11.7. The fraction of sp³-hybridized carbons (Fsp3) is 0.519. The van der Waals surface area contributed by atoms with Gasteiger partial charge in [0.2, 0.25) is 11.8 Å². The lowest BCUT2D eigenvalue weighted by atomic mass is 9.70. The molecule has 4 rings (SSSR count). The Kier molecular flexibility index (Phi) is 7.46. The van der Waals surface area contributed by atoms with Crippen molar-refractivity contribution in [3.63, 3.8) is 0 Å². The van der Waals surface area contributed by atoms with Gasteiger partial charge in [-0.25, -0.2) is 0 Å². The molecule has 8 nitrogen and oxygen atoms in total. The van der Waals surface area contributed by atoms with Gasteiger partial charge in [0.1, 0.15) is 11.6 Å². The summed E-state index contributed by atoms with van der Waals surface area (Å²) < 4.78 is 6.53. The van der Waals surface area contributed by atoms with Crippen molar-refractivity contribution in [3.05, 3.63) is 54.6 Å². The Morgan fingerprint density at radius 1 is 1.22 bits per heavy atom. The normalized spacial score (nSPS) is 30.3. The lowest BCUT2D eigenvalue weighted by Gasteiger charge is -2.37. The number of amides is 3. The van der Waals surface area contributed by atoms with Gasteiger partial charge in [-0.05, 0) is 31.4 Å². The van der Waals surface area contributed by atoms with E-state index in [1.54, 1.807) is 24.1 Å². The first-order chi connectivity index (χ1) is 17.1. The maximum atomic E-state index is 14.4. The molecule has 3 unspecified atom stereocenters. The summed E-state index contributed by atoms with van der Waals surface area (Å²) in [4.78, 5) is 46.2. The van der Waals surface area contributed by atoms with Crippen LogP contribution in [0.2, 0.25) is 0 Å². The zero-order chi connectivity index (χ0) is 26.4. The van der Waals surface area contributed by atoms with E-state index < -0.39 is 29.6 Å². The van der Waals surface area contributed by atoms with Crippen LogP contribution in [0.4, 0.5) is 5.69 Å². The number of likely N-dealkylation sites (N-methyl/N-ethyl adjacent to an activating group) is 1. The van der Waals surface area contributed by atoms with Gasteiger partial charge >= 0.3 is 0 Å². The number of aryl methyl sites for hydroxylation is 2. The number of carbonyl (C=O) groups is 3. The summed E-state index contributed by atoms with van der Waals surface area (Å²) in [7, 11) is 1.67. The molecule has 3 aliphatic rings. The number of carbonyl (C=O) groups excluding carboxylic acids is 3. The molecule has 3 saturated heterocycles. The van der Waals surface area contributed by atoms with Crippen LogP contribution in [-0.2, 0) is 19.1 Å². The number of benzene rings is 1. The zero-order valence-corrected chi connectivity index (χ0v) is 22.6. The van der Waals surface area contributed by atoms with E-state index in [4.69, 9.17) is 4.74 Å². The predicted octanol–water partition coefficient (Wildman–Crippen LogP) is 2.21. The number of alkyl halides is 1. The van der Waals surface area contributed by atoms with Crippen LogP contribution in [0.1, 0.15) is 17.5 Å². The van der Waals surface area contributed by atoms with Crippen molar-refractivity contribution >= 4 is 39.3 Å². The van der Waals surface area contributed by atoms with E-state index in [9.17, 15) is 19.5 Å². The zero-order valence-electron chi connectivity index (χ0n) is 21.0. The lowest BCUT2D eigenvalue weighted by molar-refractivity contribution is -0.144. The molecular weight excluding hydrogens is 526 g/mol. The minimum Gasteiger partial charge on any atom is -0.395 e. The second-order valence-electron chi connectivity index (χ2n) is 9.90. The molecule has 0 aromatic heterocycles. The smallest absolute Gasteiger partial charge is 0.253 e. The van der Waals surface area contributed by atoms with Crippen molar-refractivity contribution in [2.24, 2.45) is 11.8 Å². The summed E-state index contributed by atoms with van der Waals surface area (Å²) in [5.74, 6) is -2.37. The molecule has 1 N–H and O–H groups in total. The molecule has 0 aliphatic carbocycles. The average Bonchev–Trinajstić information content (AvgIpc) is 3.41. The number of anilines is 1. The first-order valence-electron chi connectivity index (χ1n) is 12.2. The molecule has 1 aromatic rings. The van der Waals surface area contributed by atoms with Gasteiger partial charge in [0, 0.05) is 37.2 Å². The fourth-order valence-electron chi connectivity index (χ4n) is 6.38. The number of ether oxygens (including phenoxy) is 1. The highest BCUT2D eigenvalue weighted by molar-refractivity contribution is 9.09. The Morgan fingerprint density at radius 2 is 1.86 bits per heavy atom. The molecule has 1 aromatic carbocycles. The number of aliphatic hydroxyl groups is 1. The van der Waals surface area contributed by atoms with Crippen molar-refractivity contribution in [2.75, 3.05) is 38.2 Å². The third-order valence-corrected chi connectivity index (χ3v) is 8.56. The van der Waals surface area contributed by atoms with Crippen LogP contribution in [0, 0.1) is 25.7 Å². The number of halogens is 1. The first kappa shape index (κ1) is 26.6. The largest absolute Gasteiger partial charge is 0.395 e. The Labute approximate surface area is 220 Å². The van der Waals surface area contributed by atoms with Crippen molar-refractivity contribution in [2.45, 2.75) is 42.8 Å². The summed E-state index contributed by atoms with van der Waals surface area (Å²) in [5, 5.41) is 9.84. The number of nitrogens with zero attached hydrogens (tertiary/aromatic N) is 3. The Bertz CT molecular complexity index is 1070. The van der Waals surface area contributed by atoms with E-state index in [2.05, 4.69) is 29.1 Å². The molecule has 2 bridgehead atoms. The lowest BCUT2D eigenvalue weighted by Crippen LogP contribution is -2.57. The quantitative estimate of drug-likeness (QED) is 0.370. The predicted molar refractivity (Wildman–Crippen MR) is 141 cm³/mol. The van der Waals surface area contributed by atoms with E-state index in [0.717, 1.165) is 16.8 Å². The molecule has 0 saturated carbocycles. The van der Waals surface area contributed by atoms with Gasteiger partial charge in [0.05, 0.1) is 24.5 Å². The minimum atomic E-state index is -1.17. The van der Waals surface area contributed by atoms with Crippen LogP contribution in [0.25, 0.3) is 0 Å². The Balaban J connectivity index is 1.82. The molecule has 9 heteroatoms. The van der Waals surface area contributed by atoms with Gasteiger partial charge in [-0.3, -0.25) is 14.4 Å². The van der Waals surface area contributed by atoms with E-state index >= 15 is 0 Å². The molecule has 3 fully saturated rings. The summed E-state index contributed by atoms with van der Waals surface area (Å²) in [6.07, 6.45) is 3.17. The number of fused-ring (bicyclic) bond motifs is 1. The highest BCUT2D eigenvalue weighted by Crippen LogP contribution is 2.60. The van der Waals surface area contributed by atoms with E-state index in [0.29, 0.717) is 13.0 Å². The Hall–Kier alpha value is -2.49. The standard InChI is InChI=1S/C27H34BrN3O5/c1-6-11-29(5)24(33)19-20-25(34)31(13-14-32)23(27(20)15-18(28)22(19)36-27)26(35)30(12-7-2)21-16(3)9-8-10-17(21)4/h6-10,18-20,22-23,32H,1-2,11-15H2,3-5H3/t18?,19-,20-,22-,23?,27?/m0/s1. The van der Waals surface area contributed by atoms with Crippen LogP contribution < -0.4 is 4.90 Å². The first-order valence-corrected chi connectivity index (χ1v) is 13.1. The molecule has 3 amide bonds. The monoisotopic (exact) mass is 559 g/mol. The Morgan fingerprint density at radius 3 is 2.44 bits per heavy atom. The number of rotatable bonds is 9. The molecule has 1 spiro atoms. The average molecular weight is 560 g/mol. The number of para-hydroxylation sites is 1. The molecular formula is C27H34BrN3O5. The second kappa shape index (κ2) is 10.1. The van der Waals surface area contributed by atoms with Crippen molar-refractivity contribution in [3.8, 4) is 0 Å². The van der Waals surface area contributed by atoms with Gasteiger partial charge < -0.3 is 24.5 Å². The van der Waals surface area contributed by atoms with Gasteiger partial charge in [-0.15, -0.1) is 13.2 Å². The van der Waals surface area contributed by atoms with Crippen LogP contribution in [-0.4, -0.2) is 88.5 Å². The van der Waals surface area contributed by atoms with Crippen LogP contribution in [0.15, 0.2) is 43.5 Å². The molecule has 194 valence electrons. The number of hydrogen-bond donors (Lipinski definition) is 1. The van der Waals surface area contributed by atoms with Gasteiger partial charge in [-0.1, -0.05) is 46.3 Å². The number of hydrogen-bond acceptors (Lipinski definition) is 5. The number of likely N-dealkylation sites (tertiary alicyclic amines) is 1. The molecule has 0 radical (unpaired) electrons. The summed E-state index contributed by atoms with van der Waals surface area (Å²) >= 11 is 3.68. The van der Waals surface area contributed by atoms with Crippen molar-refractivity contribution < 1.29 is 24.2 Å². The topological polar surface area (TPSA) is 90.4 Å². The molecule has 3 heterocycles. The van der Waals surface area contributed by atoms with Gasteiger partial charge in [-0.2, -0.15) is 0 Å². The molecule has 6 atom stereocenters. The van der Waals surface area contributed by atoms with Gasteiger partial charge in [0.15, 0.2) is 0 Å². The van der Waals surface area contributed by atoms with Crippen molar-refractivity contribution in [1.29, 1.82) is 0 Å². The molecule has 3 aliphatic heterocycles. The second-order valence-corrected chi connectivity index (χ2v) is 11.1. The maximum Gasteiger partial charge on any atom is 0.253 e. The summed E-state index contributed by atoms with van der Waals surface area (Å²) in [6, 6.07) is 4.83. The minimum absolute atomic E-state index is 0.0213.